The molecule has 1 saturated carbocycles. The second-order valence-corrected chi connectivity index (χ2v) is 6.78. The fourth-order valence-electron chi connectivity index (χ4n) is 3.29. The van der Waals surface area contributed by atoms with Gasteiger partial charge in [0, 0.05) is 17.7 Å². The van der Waals surface area contributed by atoms with Crippen molar-refractivity contribution >= 4 is 17.6 Å². The summed E-state index contributed by atoms with van der Waals surface area (Å²) < 4.78 is 5.84. The van der Waals surface area contributed by atoms with E-state index >= 15 is 0 Å². The molecule has 0 saturated heterocycles. The lowest BCUT2D eigenvalue weighted by Gasteiger charge is -2.13. The molecule has 0 aromatic heterocycles. The molecule has 0 bridgehead atoms. The fraction of sp³-hybridized carbons (Fsp3) is 0.333. The molecule has 1 aliphatic rings. The number of amides is 1. The molecule has 0 spiro atoms. The first kappa shape index (κ1) is 18.0. The lowest BCUT2D eigenvalue weighted by atomic mass is 10.0. The smallest absolute Gasteiger partial charge is 0.306 e. The third-order valence-electron chi connectivity index (χ3n) is 4.91. The molecule has 1 aliphatic carbocycles. The summed E-state index contributed by atoms with van der Waals surface area (Å²) in [6.07, 6.45) is 1.59. The van der Waals surface area contributed by atoms with Crippen LogP contribution in [0.1, 0.15) is 30.4 Å². The van der Waals surface area contributed by atoms with Crippen LogP contribution in [0.15, 0.2) is 48.5 Å². The Morgan fingerprint density at radius 1 is 1.12 bits per heavy atom. The minimum Gasteiger partial charge on any atom is -0.489 e. The van der Waals surface area contributed by atoms with Gasteiger partial charge in [0.05, 0.1) is 5.92 Å². The SMILES string of the molecule is Cc1ccccc1COc1cccc(NC(=O)[C@@H]2CC[C@H](C(=O)O)C2)c1. The van der Waals surface area contributed by atoms with Gasteiger partial charge >= 0.3 is 5.97 Å². The summed E-state index contributed by atoms with van der Waals surface area (Å²) in [5.41, 5.74) is 2.95. The first-order chi connectivity index (χ1) is 12.5. The Labute approximate surface area is 153 Å². The zero-order valence-electron chi connectivity index (χ0n) is 14.8. The van der Waals surface area contributed by atoms with Crippen LogP contribution in [0.25, 0.3) is 0 Å². The van der Waals surface area contributed by atoms with Crippen LogP contribution in [0.4, 0.5) is 5.69 Å². The maximum atomic E-state index is 12.4. The second-order valence-electron chi connectivity index (χ2n) is 6.78. The van der Waals surface area contributed by atoms with E-state index in [0.29, 0.717) is 37.3 Å². The van der Waals surface area contributed by atoms with E-state index < -0.39 is 11.9 Å². The van der Waals surface area contributed by atoms with E-state index in [9.17, 15) is 9.59 Å². The van der Waals surface area contributed by atoms with Gasteiger partial charge in [0.2, 0.25) is 5.91 Å². The average molecular weight is 353 g/mol. The van der Waals surface area contributed by atoms with Crippen molar-refractivity contribution in [1.29, 1.82) is 0 Å². The summed E-state index contributed by atoms with van der Waals surface area (Å²) in [5.74, 6) is -0.903. The molecule has 3 rings (SSSR count). The molecule has 0 radical (unpaired) electrons. The molecule has 2 aromatic carbocycles. The van der Waals surface area contributed by atoms with Crippen molar-refractivity contribution in [2.75, 3.05) is 5.32 Å². The Hall–Kier alpha value is -2.82. The highest BCUT2D eigenvalue weighted by Gasteiger charge is 2.33. The number of carboxylic acids is 1. The van der Waals surface area contributed by atoms with Crippen molar-refractivity contribution in [2.45, 2.75) is 32.8 Å². The first-order valence-corrected chi connectivity index (χ1v) is 8.84. The van der Waals surface area contributed by atoms with Gasteiger partial charge in [0.25, 0.3) is 0 Å². The van der Waals surface area contributed by atoms with Gasteiger partial charge in [0.1, 0.15) is 12.4 Å². The maximum Gasteiger partial charge on any atom is 0.306 e. The summed E-state index contributed by atoms with van der Waals surface area (Å²) in [6.45, 7) is 2.51. The molecule has 26 heavy (non-hydrogen) atoms. The molecule has 0 aliphatic heterocycles. The van der Waals surface area contributed by atoms with Crippen molar-refractivity contribution in [1.82, 2.24) is 0 Å². The average Bonchev–Trinajstić information content (AvgIpc) is 3.12. The molecule has 5 nitrogen and oxygen atoms in total. The van der Waals surface area contributed by atoms with Crippen LogP contribution in [0.2, 0.25) is 0 Å². The van der Waals surface area contributed by atoms with Crippen LogP contribution >= 0.6 is 0 Å². The van der Waals surface area contributed by atoms with E-state index in [-0.39, 0.29) is 11.8 Å². The van der Waals surface area contributed by atoms with Crippen molar-refractivity contribution in [2.24, 2.45) is 11.8 Å². The number of carboxylic acid groups (broad SMARTS) is 1. The highest BCUT2D eigenvalue weighted by Crippen LogP contribution is 2.32. The van der Waals surface area contributed by atoms with Crippen molar-refractivity contribution < 1.29 is 19.4 Å². The zero-order chi connectivity index (χ0) is 18.5. The third-order valence-corrected chi connectivity index (χ3v) is 4.91. The summed E-state index contributed by atoms with van der Waals surface area (Å²) in [6, 6.07) is 15.3. The molecular formula is C21H23NO4. The number of nitrogens with one attached hydrogen (secondary N) is 1. The van der Waals surface area contributed by atoms with Gasteiger partial charge in [0.15, 0.2) is 0 Å². The molecule has 0 heterocycles. The minimum atomic E-state index is -0.813. The van der Waals surface area contributed by atoms with Gasteiger partial charge in [-0.2, -0.15) is 0 Å². The predicted octanol–water partition coefficient (Wildman–Crippen LogP) is 4.01. The number of aliphatic carboxylic acids is 1. The van der Waals surface area contributed by atoms with Gasteiger partial charge in [-0.25, -0.2) is 0 Å². The number of ether oxygens (including phenoxy) is 1. The number of rotatable bonds is 6. The van der Waals surface area contributed by atoms with Crippen molar-refractivity contribution in [3.05, 3.63) is 59.7 Å². The standard InChI is InChI=1S/C21H23NO4/c1-14-5-2-3-6-17(14)13-26-19-8-4-7-18(12-19)22-20(23)15-9-10-16(11-15)21(24)25/h2-8,12,15-16H,9-11,13H2,1H3,(H,22,23)(H,24,25)/t15-,16+/m1/s1. The first-order valence-electron chi connectivity index (χ1n) is 8.84. The number of hydrogen-bond donors (Lipinski definition) is 2. The number of hydrogen-bond acceptors (Lipinski definition) is 3. The quantitative estimate of drug-likeness (QED) is 0.823. The zero-order valence-corrected chi connectivity index (χ0v) is 14.8. The maximum absolute atomic E-state index is 12.4. The molecule has 1 fully saturated rings. The fourth-order valence-corrected chi connectivity index (χ4v) is 3.29. The predicted molar refractivity (Wildman–Crippen MR) is 99.0 cm³/mol. The Morgan fingerprint density at radius 3 is 2.62 bits per heavy atom. The van der Waals surface area contributed by atoms with Crippen molar-refractivity contribution in [3.8, 4) is 5.75 Å². The molecular weight excluding hydrogens is 330 g/mol. The number of carbonyl (C=O) groups is 2. The summed E-state index contributed by atoms with van der Waals surface area (Å²) in [7, 11) is 0. The van der Waals surface area contributed by atoms with Gasteiger partial charge < -0.3 is 15.2 Å². The summed E-state index contributed by atoms with van der Waals surface area (Å²) in [4.78, 5) is 23.4. The Balaban J connectivity index is 1.58. The van der Waals surface area contributed by atoms with Crippen LogP contribution in [-0.4, -0.2) is 17.0 Å². The Bertz CT molecular complexity index is 802. The van der Waals surface area contributed by atoms with Crippen molar-refractivity contribution in [3.63, 3.8) is 0 Å². The molecule has 2 aromatic rings. The third kappa shape index (κ3) is 4.42. The Kier molecular flexibility index (Phi) is 5.56. The molecule has 5 heteroatoms. The van der Waals surface area contributed by atoms with E-state index in [1.165, 1.54) is 5.56 Å². The number of carbonyl (C=O) groups excluding carboxylic acids is 1. The van der Waals surface area contributed by atoms with Crippen LogP contribution in [0, 0.1) is 18.8 Å². The van der Waals surface area contributed by atoms with E-state index in [1.54, 1.807) is 6.07 Å². The van der Waals surface area contributed by atoms with Crippen LogP contribution in [-0.2, 0) is 16.2 Å². The van der Waals surface area contributed by atoms with E-state index in [1.807, 2.05) is 49.4 Å². The molecule has 1 amide bonds. The number of anilines is 1. The minimum absolute atomic E-state index is 0.121. The van der Waals surface area contributed by atoms with Crippen LogP contribution in [0.5, 0.6) is 5.75 Å². The summed E-state index contributed by atoms with van der Waals surface area (Å²) in [5, 5.41) is 11.9. The van der Waals surface area contributed by atoms with E-state index in [4.69, 9.17) is 9.84 Å². The molecule has 136 valence electrons. The molecule has 0 unspecified atom stereocenters. The number of aryl methyl sites for hydroxylation is 1. The molecule has 2 atom stereocenters. The van der Waals surface area contributed by atoms with Gasteiger partial charge in [-0.15, -0.1) is 0 Å². The van der Waals surface area contributed by atoms with Gasteiger partial charge in [-0.1, -0.05) is 30.3 Å². The van der Waals surface area contributed by atoms with Gasteiger partial charge in [-0.05, 0) is 49.4 Å². The highest BCUT2D eigenvalue weighted by atomic mass is 16.5. The molecule has 2 N–H and O–H groups in total. The second kappa shape index (κ2) is 8.04. The monoisotopic (exact) mass is 353 g/mol. The topological polar surface area (TPSA) is 75.6 Å². The lowest BCUT2D eigenvalue weighted by Crippen LogP contribution is -2.21. The normalized spacial score (nSPS) is 19.1. The Morgan fingerprint density at radius 2 is 1.88 bits per heavy atom. The largest absolute Gasteiger partial charge is 0.489 e. The highest BCUT2D eigenvalue weighted by molar-refractivity contribution is 5.93. The lowest BCUT2D eigenvalue weighted by molar-refractivity contribution is -0.141. The van der Waals surface area contributed by atoms with E-state index in [0.717, 1.165) is 5.56 Å². The van der Waals surface area contributed by atoms with Crippen LogP contribution in [0.3, 0.4) is 0 Å². The number of benzene rings is 2. The van der Waals surface area contributed by atoms with Crippen LogP contribution < -0.4 is 10.1 Å². The van der Waals surface area contributed by atoms with Gasteiger partial charge in [-0.3, -0.25) is 9.59 Å². The summed E-state index contributed by atoms with van der Waals surface area (Å²) >= 11 is 0. The van der Waals surface area contributed by atoms with E-state index in [2.05, 4.69) is 5.32 Å².